The van der Waals surface area contributed by atoms with E-state index in [9.17, 15) is 9.59 Å². The smallest absolute Gasteiger partial charge is 0.221 e. The summed E-state index contributed by atoms with van der Waals surface area (Å²) in [7, 11) is 0. The molecule has 1 aromatic rings. The highest BCUT2D eigenvalue weighted by molar-refractivity contribution is 5.88. The molecule has 2 N–H and O–H groups in total. The van der Waals surface area contributed by atoms with Crippen LogP contribution in [0, 0.1) is 23.2 Å². The number of carbonyl (C=O) groups is 2. The lowest BCUT2D eigenvalue weighted by Crippen LogP contribution is -2.34. The summed E-state index contributed by atoms with van der Waals surface area (Å²) in [4.78, 5) is 23.9. The van der Waals surface area contributed by atoms with Gasteiger partial charge in [0.15, 0.2) is 0 Å². The fourth-order valence-corrected chi connectivity index (χ4v) is 6.32. The van der Waals surface area contributed by atoms with Crippen LogP contribution in [0.4, 0.5) is 5.69 Å². The van der Waals surface area contributed by atoms with Gasteiger partial charge in [-0.25, -0.2) is 0 Å². The van der Waals surface area contributed by atoms with E-state index in [0.29, 0.717) is 17.7 Å². The van der Waals surface area contributed by atoms with Gasteiger partial charge in [-0.1, -0.05) is 62.1 Å². The number of allylic oxidation sites excluding steroid dienone is 3. The zero-order valence-electron chi connectivity index (χ0n) is 21.9. The lowest BCUT2D eigenvalue weighted by Gasteiger charge is -2.30. The predicted octanol–water partition coefficient (Wildman–Crippen LogP) is 7.09. The van der Waals surface area contributed by atoms with Crippen LogP contribution in [0.1, 0.15) is 84.5 Å². The van der Waals surface area contributed by atoms with E-state index in [1.807, 2.05) is 36.4 Å². The Balaban J connectivity index is 0.000000287. The number of rotatable bonds is 9. The van der Waals surface area contributed by atoms with Crippen molar-refractivity contribution in [2.45, 2.75) is 90.5 Å². The Hall–Kier alpha value is -2.20. The molecule has 4 nitrogen and oxygen atoms in total. The van der Waals surface area contributed by atoms with Crippen LogP contribution < -0.4 is 10.6 Å². The minimum absolute atomic E-state index is 0.0359. The normalized spacial score (nSPS) is 27.0. The van der Waals surface area contributed by atoms with Crippen molar-refractivity contribution in [1.82, 2.24) is 5.32 Å². The molecule has 4 atom stereocenters. The van der Waals surface area contributed by atoms with E-state index in [2.05, 4.69) is 36.3 Å². The van der Waals surface area contributed by atoms with Crippen molar-refractivity contribution >= 4 is 17.4 Å². The van der Waals surface area contributed by atoms with Crippen molar-refractivity contribution in [2.75, 3.05) is 11.9 Å². The monoisotopic (exact) mass is 478 g/mol. The van der Waals surface area contributed by atoms with Crippen molar-refractivity contribution < 1.29 is 9.59 Å². The first-order valence-corrected chi connectivity index (χ1v) is 13.8. The number of benzene rings is 1. The van der Waals surface area contributed by atoms with Crippen LogP contribution in [0.5, 0.6) is 0 Å². The van der Waals surface area contributed by atoms with Crippen molar-refractivity contribution in [2.24, 2.45) is 23.2 Å². The molecule has 1 aliphatic heterocycles. The average Bonchev–Trinajstić information content (AvgIpc) is 3.60. The third-order valence-corrected chi connectivity index (χ3v) is 8.30. The first-order chi connectivity index (χ1) is 17.0. The lowest BCUT2D eigenvalue weighted by atomic mass is 9.72. The molecule has 0 bridgehead atoms. The zero-order chi connectivity index (χ0) is 25.1. The van der Waals surface area contributed by atoms with Crippen molar-refractivity contribution in [3.05, 3.63) is 55.1 Å². The Labute approximate surface area is 213 Å². The molecule has 1 heterocycles. The van der Waals surface area contributed by atoms with Gasteiger partial charge in [0.2, 0.25) is 5.91 Å². The number of anilines is 1. The number of carbonyl (C=O) groups excluding carboxylic acids is 2. The second kappa shape index (κ2) is 13.8. The molecule has 4 rings (SSSR count). The van der Waals surface area contributed by atoms with Crippen LogP contribution in [0.2, 0.25) is 0 Å². The number of para-hydroxylation sites is 1. The van der Waals surface area contributed by atoms with Gasteiger partial charge in [-0.3, -0.25) is 9.59 Å². The Morgan fingerprint density at radius 1 is 1.09 bits per heavy atom. The molecule has 4 unspecified atom stereocenters. The molecular weight excluding hydrogens is 432 g/mol. The Bertz CT molecular complexity index is 839. The van der Waals surface area contributed by atoms with Gasteiger partial charge in [-0.05, 0) is 81.9 Å². The second-order valence-electron chi connectivity index (χ2n) is 10.8. The highest BCUT2D eigenvalue weighted by Crippen LogP contribution is 2.56. The first kappa shape index (κ1) is 27.4. The molecule has 0 aromatic heterocycles. The molecule has 3 fully saturated rings. The average molecular weight is 479 g/mol. The lowest BCUT2D eigenvalue weighted by molar-refractivity contribution is -0.130. The van der Waals surface area contributed by atoms with Crippen LogP contribution >= 0.6 is 0 Å². The Kier molecular flexibility index (Phi) is 10.8. The molecule has 1 amide bonds. The summed E-state index contributed by atoms with van der Waals surface area (Å²) in [5.41, 5.74) is 0.791. The largest absolute Gasteiger partial charge is 0.326 e. The Morgan fingerprint density at radius 2 is 1.80 bits per heavy atom. The third-order valence-electron chi connectivity index (χ3n) is 8.30. The highest BCUT2D eigenvalue weighted by atomic mass is 16.1. The van der Waals surface area contributed by atoms with Gasteiger partial charge in [-0.2, -0.15) is 0 Å². The van der Waals surface area contributed by atoms with Gasteiger partial charge in [0.05, 0.1) is 0 Å². The maximum Gasteiger partial charge on any atom is 0.221 e. The van der Waals surface area contributed by atoms with Crippen LogP contribution in [0.25, 0.3) is 0 Å². The summed E-state index contributed by atoms with van der Waals surface area (Å²) in [5, 5.41) is 6.26. The van der Waals surface area contributed by atoms with E-state index in [1.165, 1.54) is 39.0 Å². The molecule has 192 valence electrons. The number of unbranched alkanes of at least 4 members (excludes halogenated alkanes) is 1. The summed E-state index contributed by atoms with van der Waals surface area (Å²) in [6.45, 7) is 8.74. The maximum atomic E-state index is 13.4. The van der Waals surface area contributed by atoms with Crippen LogP contribution in [-0.4, -0.2) is 24.3 Å². The first-order valence-electron chi connectivity index (χ1n) is 13.8. The summed E-state index contributed by atoms with van der Waals surface area (Å²) < 4.78 is 0. The van der Waals surface area contributed by atoms with Crippen LogP contribution in [-0.2, 0) is 9.59 Å². The summed E-state index contributed by atoms with van der Waals surface area (Å²) in [6, 6.07) is 9.98. The van der Waals surface area contributed by atoms with Gasteiger partial charge in [-0.15, -0.1) is 6.58 Å². The van der Waals surface area contributed by atoms with E-state index >= 15 is 0 Å². The fourth-order valence-electron chi connectivity index (χ4n) is 6.32. The number of amides is 1. The number of hydrogen-bond acceptors (Lipinski definition) is 3. The number of piperidine rings is 1. The zero-order valence-corrected chi connectivity index (χ0v) is 21.9. The molecule has 1 aromatic carbocycles. The molecule has 3 aliphatic rings. The van der Waals surface area contributed by atoms with E-state index < -0.39 is 0 Å². The molecule has 4 heteroatoms. The molecule has 35 heavy (non-hydrogen) atoms. The third kappa shape index (κ3) is 8.17. The summed E-state index contributed by atoms with van der Waals surface area (Å²) >= 11 is 0. The van der Waals surface area contributed by atoms with Gasteiger partial charge in [0.25, 0.3) is 0 Å². The summed E-state index contributed by atoms with van der Waals surface area (Å²) in [5.74, 6) is 2.82. The molecule has 1 saturated heterocycles. The highest BCUT2D eigenvalue weighted by Gasteiger charge is 2.55. The van der Waals surface area contributed by atoms with Crippen LogP contribution in [0.15, 0.2) is 55.1 Å². The minimum atomic E-state index is -0.0520. The molecule has 2 aliphatic carbocycles. The SMILES string of the molecule is C=CCC/C=C\CC1(C(=O)CC2C3CCNC(C)C32)CCCCCC1.CC(=O)Nc1ccccc1. The molecular formula is C31H46N2O2. The van der Waals surface area contributed by atoms with E-state index in [-0.39, 0.29) is 11.3 Å². The molecule has 0 spiro atoms. The van der Waals surface area contributed by atoms with Crippen LogP contribution in [0.3, 0.4) is 0 Å². The van der Waals surface area contributed by atoms with Gasteiger partial charge in [0.1, 0.15) is 5.78 Å². The van der Waals surface area contributed by atoms with Gasteiger partial charge >= 0.3 is 0 Å². The topological polar surface area (TPSA) is 58.2 Å². The van der Waals surface area contributed by atoms with Gasteiger partial charge in [0, 0.05) is 30.5 Å². The number of Topliss-reactive ketones (excluding diaryl/α,β-unsaturated/α-hetero) is 1. The number of fused-ring (bicyclic) bond motifs is 1. The number of ketones is 1. The molecule has 2 saturated carbocycles. The number of hydrogen-bond donors (Lipinski definition) is 2. The van der Waals surface area contributed by atoms with E-state index in [0.717, 1.165) is 62.6 Å². The Morgan fingerprint density at radius 3 is 2.43 bits per heavy atom. The minimum Gasteiger partial charge on any atom is -0.326 e. The number of nitrogens with one attached hydrogen (secondary N) is 2. The second-order valence-corrected chi connectivity index (χ2v) is 10.8. The molecule has 0 radical (unpaired) electrons. The van der Waals surface area contributed by atoms with E-state index in [1.54, 1.807) is 0 Å². The quantitative estimate of drug-likeness (QED) is 0.226. The van der Waals surface area contributed by atoms with Crippen molar-refractivity contribution in [3.63, 3.8) is 0 Å². The van der Waals surface area contributed by atoms with Crippen molar-refractivity contribution in [1.29, 1.82) is 0 Å². The fraction of sp³-hybridized carbons (Fsp3) is 0.613. The summed E-state index contributed by atoms with van der Waals surface area (Å²) in [6.07, 6.45) is 19.1. The predicted molar refractivity (Wildman–Crippen MR) is 146 cm³/mol. The maximum absolute atomic E-state index is 13.4. The van der Waals surface area contributed by atoms with Crippen molar-refractivity contribution in [3.8, 4) is 0 Å². The standard InChI is InChI=1S/C23H37NO.C8H9NO/c1-3-4-5-6-9-13-23(14-10-7-8-11-15-23)21(25)17-20-19-12-16-24-18(2)22(19)20;1-7(10)9-8-5-3-2-4-6-8/h3,6,9,18-20,22,24H,1,4-5,7-8,10-17H2,2H3;2-6H,1H3,(H,9,10)/b9-6-;. The van der Waals surface area contributed by atoms with E-state index in [4.69, 9.17) is 0 Å². The van der Waals surface area contributed by atoms with Gasteiger partial charge < -0.3 is 10.6 Å².